The average molecular weight is 809 g/mol. The summed E-state index contributed by atoms with van der Waals surface area (Å²) in [7, 11) is -15.1. The van der Waals surface area contributed by atoms with Gasteiger partial charge in [-0.05, 0) is 82.6 Å². The Morgan fingerprint density at radius 3 is 1.54 bits per heavy atom. The minimum atomic E-state index is -5.30. The zero-order valence-corrected chi connectivity index (χ0v) is 34.4. The summed E-state index contributed by atoms with van der Waals surface area (Å²) in [5.74, 6) is -1.43. The van der Waals surface area contributed by atoms with Gasteiger partial charge in [-0.3, -0.25) is 4.55 Å². The molecule has 266 valence electrons. The van der Waals surface area contributed by atoms with E-state index >= 15 is 0 Å². The van der Waals surface area contributed by atoms with E-state index in [1.54, 1.807) is 36.4 Å². The molecule has 7 N–H and O–H groups in total. The maximum atomic E-state index is 12.1. The number of rotatable bonds is 8. The minimum Gasteiger partial charge on any atom is -0.744 e. The molecule has 0 spiro atoms. The largest absolute Gasteiger partial charge is 1.00 e. The van der Waals surface area contributed by atoms with Gasteiger partial charge in [-0.2, -0.15) is 18.6 Å². The molecule has 6 aromatic carbocycles. The first-order valence-corrected chi connectivity index (χ1v) is 18.6. The molecule has 0 aromatic heterocycles. The number of aromatic hydroxyl groups is 2. The van der Waals surface area contributed by atoms with Crippen molar-refractivity contribution in [1.29, 1.82) is 0 Å². The third-order valence-electron chi connectivity index (χ3n) is 7.67. The monoisotopic (exact) mass is 808 g/mol. The van der Waals surface area contributed by atoms with E-state index < -0.39 is 73.6 Å². The third kappa shape index (κ3) is 8.91. The van der Waals surface area contributed by atoms with Gasteiger partial charge < -0.3 is 30.8 Å². The molecule has 0 aliphatic rings. The van der Waals surface area contributed by atoms with E-state index in [9.17, 15) is 49.1 Å². The minimum absolute atomic E-state index is 0. The van der Waals surface area contributed by atoms with Crippen LogP contribution in [0.15, 0.2) is 126 Å². The summed E-state index contributed by atoms with van der Waals surface area (Å²) < 4.78 is 104. The number of benzene rings is 6. The van der Waals surface area contributed by atoms with Crippen LogP contribution in [-0.4, -0.2) is 49.1 Å². The van der Waals surface area contributed by atoms with Gasteiger partial charge in [0, 0.05) is 22.1 Å². The Morgan fingerprint density at radius 1 is 0.556 bits per heavy atom. The number of azo groups is 2. The van der Waals surface area contributed by atoms with E-state index in [1.807, 2.05) is 0 Å². The van der Waals surface area contributed by atoms with Crippen LogP contribution in [-0.2, 0) is 30.4 Å². The standard InChI is InChI=1S/C32H24N6O11S3.2Na/c33-20-6-1-18-12-26(51(44,45)46)29(31(39)24(18)14-20)37-35-21-7-2-16(3-8-21)17-4-9-22(10-5-17)36-38-30-27(52(47,48)49)13-19-11-23(50(41,42)43)15-25(34)28(19)32(30)40;;/h1-15,39-40H,33-34H2,(H,41,42,43)(H,44,45,46)(H,47,48,49);;/q;2*+1/p-2. The van der Waals surface area contributed by atoms with E-state index in [0.29, 0.717) is 22.2 Å². The zero-order chi connectivity index (χ0) is 37.7. The van der Waals surface area contributed by atoms with Gasteiger partial charge >= 0.3 is 59.1 Å². The van der Waals surface area contributed by atoms with E-state index in [-0.39, 0.29) is 86.6 Å². The van der Waals surface area contributed by atoms with Crippen LogP contribution >= 0.6 is 0 Å². The van der Waals surface area contributed by atoms with Crippen LogP contribution in [0.2, 0.25) is 0 Å². The molecule has 0 aliphatic heterocycles. The smallest absolute Gasteiger partial charge is 0.744 e. The SMILES string of the molecule is Nc1ccc2cc(S(=O)(=O)O)c(N=Nc3ccc(-c4ccc(N=Nc5c(S(=O)(=O)[O-])cc6cc(S(=O)(=O)[O-])cc(N)c6c5O)cc4)cc3)c(O)c2c1.[Na+].[Na+]. The van der Waals surface area contributed by atoms with Crippen molar-refractivity contribution in [3.8, 4) is 22.6 Å². The van der Waals surface area contributed by atoms with E-state index in [2.05, 4.69) is 20.5 Å². The first-order chi connectivity index (χ1) is 24.3. The Morgan fingerprint density at radius 2 is 1.06 bits per heavy atom. The Balaban J connectivity index is 0.00000325. The van der Waals surface area contributed by atoms with Crippen molar-refractivity contribution in [3.63, 3.8) is 0 Å². The van der Waals surface area contributed by atoms with Crippen molar-refractivity contribution in [2.75, 3.05) is 11.5 Å². The van der Waals surface area contributed by atoms with Crippen molar-refractivity contribution in [2.24, 2.45) is 20.5 Å². The molecule has 0 bridgehead atoms. The summed E-state index contributed by atoms with van der Waals surface area (Å²) in [5, 5.41) is 37.2. The number of nitrogen functional groups attached to an aromatic ring is 2. The van der Waals surface area contributed by atoms with Crippen LogP contribution in [0.5, 0.6) is 11.5 Å². The fraction of sp³-hybridized carbons (Fsp3) is 0. The molecule has 17 nitrogen and oxygen atoms in total. The Hall–Kier alpha value is -4.03. The summed E-state index contributed by atoms with van der Waals surface area (Å²) in [6.45, 7) is 0. The second-order valence-electron chi connectivity index (χ2n) is 11.1. The van der Waals surface area contributed by atoms with Crippen molar-refractivity contribution >= 4 is 86.0 Å². The molecular weight excluding hydrogens is 787 g/mol. The summed E-state index contributed by atoms with van der Waals surface area (Å²) >= 11 is 0. The predicted molar refractivity (Wildman–Crippen MR) is 186 cm³/mol. The molecule has 0 aliphatic carbocycles. The summed E-state index contributed by atoms with van der Waals surface area (Å²) in [6.07, 6.45) is 0. The molecule has 0 amide bonds. The van der Waals surface area contributed by atoms with Gasteiger partial charge in [0.1, 0.15) is 36.5 Å². The predicted octanol–water partition coefficient (Wildman–Crippen LogP) is 0.129. The second kappa shape index (κ2) is 16.0. The van der Waals surface area contributed by atoms with E-state index in [1.165, 1.54) is 30.3 Å². The molecular formula is C32H22N6Na2O11S3. The van der Waals surface area contributed by atoms with Gasteiger partial charge in [-0.15, -0.1) is 10.2 Å². The van der Waals surface area contributed by atoms with E-state index in [4.69, 9.17) is 11.5 Å². The van der Waals surface area contributed by atoms with Gasteiger partial charge in [0.05, 0.1) is 21.2 Å². The van der Waals surface area contributed by atoms with Gasteiger partial charge in [0.2, 0.25) is 0 Å². The molecule has 6 aromatic rings. The number of phenols is 2. The fourth-order valence-electron chi connectivity index (χ4n) is 5.23. The quantitative estimate of drug-likeness (QED) is 0.0592. The number of hydrogen-bond donors (Lipinski definition) is 5. The Kier molecular flexibility index (Phi) is 12.6. The second-order valence-corrected chi connectivity index (χ2v) is 15.2. The molecule has 54 heavy (non-hydrogen) atoms. The van der Waals surface area contributed by atoms with Gasteiger partial charge in [0.15, 0.2) is 11.5 Å². The fourth-order valence-corrected chi connectivity index (χ4v) is 7.08. The molecule has 0 saturated carbocycles. The van der Waals surface area contributed by atoms with Gasteiger partial charge in [-0.1, -0.05) is 30.3 Å². The number of nitrogens with two attached hydrogens (primary N) is 2. The Bertz CT molecular complexity index is 2860. The third-order valence-corrected chi connectivity index (χ3v) is 10.2. The molecule has 0 fully saturated rings. The van der Waals surface area contributed by atoms with Crippen LogP contribution in [0, 0.1) is 0 Å². The Labute approximate surface area is 351 Å². The van der Waals surface area contributed by atoms with Crippen LogP contribution in [0.3, 0.4) is 0 Å². The number of nitrogens with zero attached hydrogens (tertiary/aromatic N) is 4. The maximum Gasteiger partial charge on any atom is 1.00 e. The van der Waals surface area contributed by atoms with Crippen LogP contribution < -0.4 is 70.6 Å². The van der Waals surface area contributed by atoms with E-state index in [0.717, 1.165) is 24.3 Å². The summed E-state index contributed by atoms with van der Waals surface area (Å²) in [4.78, 5) is -2.50. The van der Waals surface area contributed by atoms with Gasteiger partial charge in [0.25, 0.3) is 10.1 Å². The first kappa shape index (κ1) is 42.7. The number of phenolic OH excluding ortho intramolecular Hbond substituents is 2. The number of hydrogen-bond acceptors (Lipinski definition) is 16. The molecule has 0 radical (unpaired) electrons. The van der Waals surface area contributed by atoms with Crippen molar-refractivity contribution in [1.82, 2.24) is 0 Å². The van der Waals surface area contributed by atoms with Crippen molar-refractivity contribution in [2.45, 2.75) is 14.7 Å². The maximum absolute atomic E-state index is 12.1. The number of fused-ring (bicyclic) bond motifs is 2. The van der Waals surface area contributed by atoms with Crippen molar-refractivity contribution < 1.29 is 108 Å². The summed E-state index contributed by atoms with van der Waals surface area (Å²) in [6, 6.07) is 20.4. The normalized spacial score (nSPS) is 12.3. The van der Waals surface area contributed by atoms with Crippen LogP contribution in [0.25, 0.3) is 32.7 Å². The zero-order valence-electron chi connectivity index (χ0n) is 27.9. The van der Waals surface area contributed by atoms with Crippen LogP contribution in [0.4, 0.5) is 34.1 Å². The van der Waals surface area contributed by atoms with Gasteiger partial charge in [-0.25, -0.2) is 16.8 Å². The molecule has 0 heterocycles. The average Bonchev–Trinajstić information content (AvgIpc) is 3.06. The molecule has 0 saturated heterocycles. The number of anilines is 2. The molecule has 0 unspecified atom stereocenters. The molecule has 0 atom stereocenters. The molecule has 6 rings (SSSR count). The first-order valence-electron chi connectivity index (χ1n) is 14.4. The van der Waals surface area contributed by atoms with Crippen molar-refractivity contribution in [3.05, 3.63) is 91.0 Å². The molecule has 22 heteroatoms. The summed E-state index contributed by atoms with van der Waals surface area (Å²) in [5.41, 5.74) is 12.1. The topological polar surface area (TPSA) is 311 Å². The van der Waals surface area contributed by atoms with Crippen LogP contribution in [0.1, 0.15) is 0 Å².